The quantitative estimate of drug-likeness (QED) is 0.843. The van der Waals surface area contributed by atoms with Gasteiger partial charge in [0.1, 0.15) is 17.4 Å². The van der Waals surface area contributed by atoms with Gasteiger partial charge in [0, 0.05) is 22.2 Å². The fraction of sp³-hybridized carbons (Fsp3) is 0.231. The molecule has 0 radical (unpaired) electrons. The molecule has 0 aliphatic carbocycles. The Balaban J connectivity index is 2.23. The summed E-state index contributed by atoms with van der Waals surface area (Å²) in [6, 6.07) is 4.13. The molecule has 1 aromatic carbocycles. The Labute approximate surface area is 121 Å². The lowest BCUT2D eigenvalue weighted by molar-refractivity contribution is 0.179. The lowest BCUT2D eigenvalue weighted by Gasteiger charge is -2.11. The first-order valence-electron chi connectivity index (χ1n) is 5.45. The van der Waals surface area contributed by atoms with Crippen LogP contribution in [0, 0.1) is 11.6 Å². The van der Waals surface area contributed by atoms with E-state index in [4.69, 9.17) is 4.74 Å². The fourth-order valence-corrected chi connectivity index (χ4v) is 2.88. The van der Waals surface area contributed by atoms with Crippen molar-refractivity contribution in [1.29, 1.82) is 0 Å². The summed E-state index contributed by atoms with van der Waals surface area (Å²) in [6.07, 6.45) is -1.09. The van der Waals surface area contributed by atoms with Crippen LogP contribution in [-0.2, 0) is 6.42 Å². The Kier molecular flexibility index (Phi) is 4.54. The highest BCUT2D eigenvalue weighted by molar-refractivity contribution is 9.10. The summed E-state index contributed by atoms with van der Waals surface area (Å²) in [5.74, 6) is -0.722. The van der Waals surface area contributed by atoms with E-state index in [2.05, 4.69) is 15.9 Å². The van der Waals surface area contributed by atoms with E-state index in [0.717, 1.165) is 0 Å². The Morgan fingerprint density at radius 3 is 2.79 bits per heavy atom. The smallest absolute Gasteiger partial charge is 0.143 e. The van der Waals surface area contributed by atoms with Gasteiger partial charge in [-0.05, 0) is 34.1 Å². The Morgan fingerprint density at radius 2 is 2.16 bits per heavy atom. The molecule has 102 valence electrons. The standard InChI is InChI=1S/C13H11BrF2O2S/c1-18-7-4-12(19-6-7)11(17)5-8-10(15)3-2-9(14)13(8)16/h2-4,6,11,17H,5H2,1H3. The topological polar surface area (TPSA) is 29.5 Å². The van der Waals surface area contributed by atoms with Crippen LogP contribution < -0.4 is 4.74 Å². The summed E-state index contributed by atoms with van der Waals surface area (Å²) >= 11 is 4.29. The number of hydrogen-bond acceptors (Lipinski definition) is 3. The van der Waals surface area contributed by atoms with Crippen LogP contribution in [0.5, 0.6) is 5.75 Å². The van der Waals surface area contributed by atoms with Gasteiger partial charge in [-0.25, -0.2) is 8.78 Å². The molecule has 0 spiro atoms. The van der Waals surface area contributed by atoms with Crippen molar-refractivity contribution >= 4 is 27.3 Å². The van der Waals surface area contributed by atoms with Gasteiger partial charge in [-0.1, -0.05) is 0 Å². The van der Waals surface area contributed by atoms with Crippen LogP contribution in [0.25, 0.3) is 0 Å². The van der Waals surface area contributed by atoms with Crippen molar-refractivity contribution in [2.24, 2.45) is 0 Å². The molecular weight excluding hydrogens is 338 g/mol. The lowest BCUT2D eigenvalue weighted by atomic mass is 10.1. The van der Waals surface area contributed by atoms with Crippen molar-refractivity contribution in [3.63, 3.8) is 0 Å². The second-order valence-corrected chi connectivity index (χ2v) is 5.73. The molecule has 2 aromatic rings. The maximum Gasteiger partial charge on any atom is 0.143 e. The molecule has 1 N–H and O–H groups in total. The van der Waals surface area contributed by atoms with Crippen molar-refractivity contribution in [3.8, 4) is 5.75 Å². The highest BCUT2D eigenvalue weighted by Gasteiger charge is 2.18. The maximum atomic E-state index is 13.8. The van der Waals surface area contributed by atoms with Crippen LogP contribution in [0.1, 0.15) is 16.5 Å². The normalized spacial score (nSPS) is 12.5. The fourth-order valence-electron chi connectivity index (χ4n) is 1.67. The molecule has 1 unspecified atom stereocenters. The molecule has 0 saturated carbocycles. The van der Waals surface area contributed by atoms with Gasteiger partial charge in [0.15, 0.2) is 0 Å². The zero-order valence-electron chi connectivity index (χ0n) is 9.99. The minimum Gasteiger partial charge on any atom is -0.496 e. The summed E-state index contributed by atoms with van der Waals surface area (Å²) in [5.41, 5.74) is -0.130. The first-order chi connectivity index (χ1) is 9.02. The number of rotatable bonds is 4. The molecule has 0 fully saturated rings. The van der Waals surface area contributed by atoms with Crippen LogP contribution in [0.3, 0.4) is 0 Å². The van der Waals surface area contributed by atoms with Gasteiger partial charge in [-0.15, -0.1) is 11.3 Å². The van der Waals surface area contributed by atoms with Crippen molar-refractivity contribution in [1.82, 2.24) is 0 Å². The van der Waals surface area contributed by atoms with Gasteiger partial charge in [0.25, 0.3) is 0 Å². The van der Waals surface area contributed by atoms with E-state index >= 15 is 0 Å². The van der Waals surface area contributed by atoms with Gasteiger partial charge in [-0.2, -0.15) is 0 Å². The minimum absolute atomic E-state index is 0.124. The summed E-state index contributed by atoms with van der Waals surface area (Å²) in [4.78, 5) is 0.607. The predicted molar refractivity (Wildman–Crippen MR) is 73.6 cm³/mol. The first-order valence-corrected chi connectivity index (χ1v) is 7.13. The molecule has 0 amide bonds. The molecule has 1 heterocycles. The third-order valence-electron chi connectivity index (χ3n) is 2.70. The van der Waals surface area contributed by atoms with Gasteiger partial charge < -0.3 is 9.84 Å². The number of thiophene rings is 1. The van der Waals surface area contributed by atoms with Crippen molar-refractivity contribution < 1.29 is 18.6 Å². The van der Waals surface area contributed by atoms with Gasteiger partial charge in [0.05, 0.1) is 17.7 Å². The number of halogens is 3. The first kappa shape index (κ1) is 14.4. The average Bonchev–Trinajstić information content (AvgIpc) is 2.88. The second-order valence-electron chi connectivity index (χ2n) is 3.93. The van der Waals surface area contributed by atoms with Crippen LogP contribution >= 0.6 is 27.3 Å². The van der Waals surface area contributed by atoms with Crippen molar-refractivity contribution in [2.45, 2.75) is 12.5 Å². The van der Waals surface area contributed by atoms with Crippen LogP contribution in [0.4, 0.5) is 8.78 Å². The van der Waals surface area contributed by atoms with E-state index in [0.29, 0.717) is 10.6 Å². The van der Waals surface area contributed by atoms with Crippen molar-refractivity contribution in [3.05, 3.63) is 50.1 Å². The van der Waals surface area contributed by atoms with Crippen LogP contribution in [-0.4, -0.2) is 12.2 Å². The minimum atomic E-state index is -0.966. The van der Waals surface area contributed by atoms with Crippen LogP contribution in [0.2, 0.25) is 0 Å². The predicted octanol–water partition coefficient (Wildman–Crippen LogP) is 4.07. The molecule has 6 heteroatoms. The molecule has 19 heavy (non-hydrogen) atoms. The molecular formula is C13H11BrF2O2S. The largest absolute Gasteiger partial charge is 0.496 e. The van der Waals surface area contributed by atoms with E-state index in [1.807, 2.05) is 0 Å². The van der Waals surface area contributed by atoms with E-state index in [1.54, 1.807) is 11.4 Å². The molecule has 0 bridgehead atoms. The second kappa shape index (κ2) is 5.98. The third kappa shape index (κ3) is 3.13. The van der Waals surface area contributed by atoms with E-state index in [1.165, 1.54) is 30.6 Å². The summed E-state index contributed by atoms with van der Waals surface area (Å²) < 4.78 is 32.6. The highest BCUT2D eigenvalue weighted by Crippen LogP contribution is 2.31. The zero-order valence-corrected chi connectivity index (χ0v) is 12.4. The van der Waals surface area contributed by atoms with Gasteiger partial charge in [0.2, 0.25) is 0 Å². The number of benzene rings is 1. The van der Waals surface area contributed by atoms with E-state index < -0.39 is 17.7 Å². The molecule has 1 aromatic heterocycles. The number of methoxy groups -OCH3 is 1. The monoisotopic (exact) mass is 348 g/mol. The summed E-state index contributed by atoms with van der Waals surface area (Å²) in [6.45, 7) is 0. The number of aliphatic hydroxyl groups is 1. The highest BCUT2D eigenvalue weighted by atomic mass is 79.9. The Morgan fingerprint density at radius 1 is 1.42 bits per heavy atom. The van der Waals surface area contributed by atoms with E-state index in [-0.39, 0.29) is 16.5 Å². The number of hydrogen-bond donors (Lipinski definition) is 1. The van der Waals surface area contributed by atoms with Crippen LogP contribution in [0.15, 0.2) is 28.1 Å². The Bertz CT molecular complexity index is 586. The summed E-state index contributed by atoms with van der Waals surface area (Å²) in [5, 5.41) is 11.8. The SMILES string of the molecule is COc1csc(C(O)Cc2c(F)ccc(Br)c2F)c1. The molecule has 0 aliphatic rings. The third-order valence-corrected chi connectivity index (χ3v) is 4.32. The van der Waals surface area contributed by atoms with Gasteiger partial charge >= 0.3 is 0 Å². The van der Waals surface area contributed by atoms with E-state index in [9.17, 15) is 13.9 Å². The molecule has 0 saturated heterocycles. The molecule has 1 atom stereocenters. The molecule has 2 rings (SSSR count). The number of ether oxygens (including phenoxy) is 1. The van der Waals surface area contributed by atoms with Gasteiger partial charge in [-0.3, -0.25) is 0 Å². The zero-order chi connectivity index (χ0) is 14.0. The average molecular weight is 349 g/mol. The lowest BCUT2D eigenvalue weighted by Crippen LogP contribution is -2.05. The number of aliphatic hydroxyl groups excluding tert-OH is 1. The Hall–Kier alpha value is -0.980. The maximum absolute atomic E-state index is 13.8. The van der Waals surface area contributed by atoms with Crippen molar-refractivity contribution in [2.75, 3.05) is 7.11 Å². The molecule has 0 aliphatic heterocycles. The molecule has 2 nitrogen and oxygen atoms in total. The summed E-state index contributed by atoms with van der Waals surface area (Å²) in [7, 11) is 1.52.